The lowest BCUT2D eigenvalue weighted by atomic mass is 10.2. The van der Waals surface area contributed by atoms with Crippen LogP contribution in [0, 0.1) is 0 Å². The summed E-state index contributed by atoms with van der Waals surface area (Å²) >= 11 is 3.61. The maximum absolute atomic E-state index is 4.69. The standard InChI is InChI=1S/C13H16BrN3/c1-15-9-8-11-16-12(13(14)17(11)2)10-6-4-3-5-7-10/h3-7,15H,8-9H2,1-2H3. The Kier molecular flexibility index (Phi) is 3.97. The van der Waals surface area contributed by atoms with Gasteiger partial charge in [-0.3, -0.25) is 0 Å². The number of rotatable bonds is 4. The number of likely N-dealkylation sites (N-methyl/N-ethyl adjacent to an activating group) is 1. The van der Waals surface area contributed by atoms with Gasteiger partial charge in [-0.05, 0) is 23.0 Å². The molecule has 0 aliphatic carbocycles. The first kappa shape index (κ1) is 12.3. The van der Waals surface area contributed by atoms with E-state index in [1.54, 1.807) is 0 Å². The summed E-state index contributed by atoms with van der Waals surface area (Å²) in [5.41, 5.74) is 2.16. The van der Waals surface area contributed by atoms with Gasteiger partial charge in [0, 0.05) is 25.6 Å². The third-order valence-corrected chi connectivity index (χ3v) is 3.67. The molecule has 0 atom stereocenters. The van der Waals surface area contributed by atoms with Crippen molar-refractivity contribution in [2.75, 3.05) is 13.6 Å². The summed E-state index contributed by atoms with van der Waals surface area (Å²) in [4.78, 5) is 4.69. The SMILES string of the molecule is CNCCc1nc(-c2ccccc2)c(Br)n1C. The highest BCUT2D eigenvalue weighted by Crippen LogP contribution is 2.27. The number of nitrogens with one attached hydrogen (secondary N) is 1. The molecule has 0 aliphatic heterocycles. The maximum atomic E-state index is 4.69. The van der Waals surface area contributed by atoms with Crippen LogP contribution in [-0.4, -0.2) is 23.1 Å². The molecule has 1 aromatic heterocycles. The van der Waals surface area contributed by atoms with Gasteiger partial charge >= 0.3 is 0 Å². The summed E-state index contributed by atoms with van der Waals surface area (Å²) in [6.45, 7) is 0.936. The molecule has 0 fully saturated rings. The highest BCUT2D eigenvalue weighted by Gasteiger charge is 2.13. The van der Waals surface area contributed by atoms with Crippen molar-refractivity contribution < 1.29 is 0 Å². The van der Waals surface area contributed by atoms with Crippen molar-refractivity contribution in [1.82, 2.24) is 14.9 Å². The van der Waals surface area contributed by atoms with Crippen LogP contribution in [-0.2, 0) is 13.5 Å². The molecule has 1 heterocycles. The van der Waals surface area contributed by atoms with Crippen molar-refractivity contribution in [1.29, 1.82) is 0 Å². The Morgan fingerprint density at radius 2 is 2.00 bits per heavy atom. The molecule has 0 saturated heterocycles. The second-order valence-electron chi connectivity index (χ2n) is 3.95. The first-order chi connectivity index (χ1) is 8.24. The number of aromatic nitrogens is 2. The van der Waals surface area contributed by atoms with E-state index in [4.69, 9.17) is 4.98 Å². The molecule has 0 amide bonds. The minimum absolute atomic E-state index is 0.929. The minimum Gasteiger partial charge on any atom is -0.325 e. The Morgan fingerprint density at radius 1 is 1.29 bits per heavy atom. The molecule has 0 unspecified atom stereocenters. The van der Waals surface area contributed by atoms with Gasteiger partial charge in [0.25, 0.3) is 0 Å². The van der Waals surface area contributed by atoms with E-state index in [0.29, 0.717) is 0 Å². The number of hydrogen-bond donors (Lipinski definition) is 1. The summed E-state index contributed by atoms with van der Waals surface area (Å²) in [6.07, 6.45) is 0.929. The van der Waals surface area contributed by atoms with E-state index < -0.39 is 0 Å². The number of nitrogens with zero attached hydrogens (tertiary/aromatic N) is 2. The van der Waals surface area contributed by atoms with Crippen LogP contribution in [0.4, 0.5) is 0 Å². The largest absolute Gasteiger partial charge is 0.325 e. The van der Waals surface area contributed by atoms with Gasteiger partial charge in [0.15, 0.2) is 0 Å². The van der Waals surface area contributed by atoms with Gasteiger partial charge in [-0.2, -0.15) is 0 Å². The van der Waals surface area contributed by atoms with E-state index in [2.05, 4.69) is 37.9 Å². The number of benzene rings is 1. The van der Waals surface area contributed by atoms with E-state index >= 15 is 0 Å². The molecule has 0 radical (unpaired) electrons. The summed E-state index contributed by atoms with van der Waals surface area (Å²) in [5, 5.41) is 3.14. The van der Waals surface area contributed by atoms with Crippen molar-refractivity contribution >= 4 is 15.9 Å². The summed E-state index contributed by atoms with van der Waals surface area (Å²) < 4.78 is 3.13. The maximum Gasteiger partial charge on any atom is 0.112 e. The van der Waals surface area contributed by atoms with Gasteiger partial charge in [0.1, 0.15) is 16.1 Å². The number of halogens is 1. The summed E-state index contributed by atoms with van der Waals surface area (Å²) in [5.74, 6) is 1.09. The Balaban J connectivity index is 2.36. The molecule has 4 heteroatoms. The van der Waals surface area contributed by atoms with Gasteiger partial charge < -0.3 is 9.88 Å². The fourth-order valence-electron chi connectivity index (χ4n) is 1.76. The molecule has 0 bridgehead atoms. The zero-order valence-corrected chi connectivity index (χ0v) is 11.7. The lowest BCUT2D eigenvalue weighted by Gasteiger charge is -2.01. The first-order valence-electron chi connectivity index (χ1n) is 5.65. The van der Waals surface area contributed by atoms with E-state index in [1.165, 1.54) is 0 Å². The van der Waals surface area contributed by atoms with Crippen molar-refractivity contribution in [3.05, 3.63) is 40.8 Å². The van der Waals surface area contributed by atoms with Gasteiger partial charge in [-0.25, -0.2) is 4.98 Å². The Morgan fingerprint density at radius 3 is 2.65 bits per heavy atom. The molecule has 3 nitrogen and oxygen atoms in total. The molecule has 0 saturated carbocycles. The monoisotopic (exact) mass is 293 g/mol. The summed E-state index contributed by atoms with van der Waals surface area (Å²) in [6, 6.07) is 10.2. The van der Waals surface area contributed by atoms with Crippen LogP contribution in [0.1, 0.15) is 5.82 Å². The third kappa shape index (κ3) is 2.58. The third-order valence-electron chi connectivity index (χ3n) is 2.76. The molecular formula is C13H16BrN3. The van der Waals surface area contributed by atoms with Gasteiger partial charge in [-0.1, -0.05) is 30.3 Å². The van der Waals surface area contributed by atoms with Crippen molar-refractivity contribution in [2.24, 2.45) is 7.05 Å². The number of hydrogen-bond acceptors (Lipinski definition) is 2. The molecule has 1 N–H and O–H groups in total. The predicted molar refractivity (Wildman–Crippen MR) is 74.0 cm³/mol. The lowest BCUT2D eigenvalue weighted by molar-refractivity contribution is 0.713. The van der Waals surface area contributed by atoms with Crippen LogP contribution in [0.3, 0.4) is 0 Å². The molecule has 2 rings (SSSR count). The molecule has 0 aliphatic rings. The fourth-order valence-corrected chi connectivity index (χ4v) is 2.28. The molecular weight excluding hydrogens is 278 g/mol. The van der Waals surface area contributed by atoms with Gasteiger partial charge in [0.2, 0.25) is 0 Å². The van der Waals surface area contributed by atoms with E-state index in [-0.39, 0.29) is 0 Å². The Labute approximate surface area is 110 Å². The van der Waals surface area contributed by atoms with E-state index in [1.807, 2.05) is 32.3 Å². The normalized spacial score (nSPS) is 10.8. The first-order valence-corrected chi connectivity index (χ1v) is 6.44. The van der Waals surface area contributed by atoms with E-state index in [9.17, 15) is 0 Å². The molecule has 2 aromatic rings. The Hall–Kier alpha value is -1.13. The van der Waals surface area contributed by atoms with Crippen LogP contribution in [0.15, 0.2) is 34.9 Å². The highest BCUT2D eigenvalue weighted by molar-refractivity contribution is 9.10. The van der Waals surface area contributed by atoms with Crippen LogP contribution >= 0.6 is 15.9 Å². The molecule has 1 aromatic carbocycles. The predicted octanol–water partition coefficient (Wildman–Crippen LogP) is 2.61. The zero-order chi connectivity index (χ0) is 12.3. The van der Waals surface area contributed by atoms with Crippen LogP contribution < -0.4 is 5.32 Å². The van der Waals surface area contributed by atoms with Crippen molar-refractivity contribution in [2.45, 2.75) is 6.42 Å². The lowest BCUT2D eigenvalue weighted by Crippen LogP contribution is -2.13. The van der Waals surface area contributed by atoms with Crippen molar-refractivity contribution in [3.63, 3.8) is 0 Å². The molecule has 90 valence electrons. The van der Waals surface area contributed by atoms with Crippen LogP contribution in [0.5, 0.6) is 0 Å². The van der Waals surface area contributed by atoms with Crippen LogP contribution in [0.2, 0.25) is 0 Å². The quantitative estimate of drug-likeness (QED) is 0.939. The van der Waals surface area contributed by atoms with Gasteiger partial charge in [0.05, 0.1) is 0 Å². The molecule has 17 heavy (non-hydrogen) atoms. The fraction of sp³-hybridized carbons (Fsp3) is 0.308. The highest BCUT2D eigenvalue weighted by atomic mass is 79.9. The zero-order valence-electron chi connectivity index (χ0n) is 10.1. The summed E-state index contributed by atoms with van der Waals surface area (Å²) in [7, 11) is 3.99. The smallest absolute Gasteiger partial charge is 0.112 e. The second-order valence-corrected chi connectivity index (χ2v) is 4.70. The number of imidazole rings is 1. The Bertz CT molecular complexity index is 491. The second kappa shape index (κ2) is 5.47. The van der Waals surface area contributed by atoms with E-state index in [0.717, 1.165) is 34.7 Å². The van der Waals surface area contributed by atoms with Crippen LogP contribution in [0.25, 0.3) is 11.3 Å². The minimum atomic E-state index is 0.929. The molecule has 0 spiro atoms. The average molecular weight is 294 g/mol. The van der Waals surface area contributed by atoms with Crippen molar-refractivity contribution in [3.8, 4) is 11.3 Å². The average Bonchev–Trinajstić information content (AvgIpc) is 2.65. The topological polar surface area (TPSA) is 29.9 Å². The van der Waals surface area contributed by atoms with Gasteiger partial charge in [-0.15, -0.1) is 0 Å².